The lowest BCUT2D eigenvalue weighted by molar-refractivity contribution is -0.137. The number of amides is 2. The van der Waals surface area contributed by atoms with E-state index in [2.05, 4.69) is 5.32 Å². The van der Waals surface area contributed by atoms with Crippen LogP contribution in [0.3, 0.4) is 0 Å². The van der Waals surface area contributed by atoms with Gasteiger partial charge in [-0.25, -0.2) is 4.79 Å². The highest BCUT2D eigenvalue weighted by Crippen LogP contribution is 2.09. The molecule has 0 heterocycles. The average Bonchev–Trinajstić information content (AvgIpc) is 2.41. The Labute approximate surface area is 119 Å². The predicted molar refractivity (Wildman–Crippen MR) is 74.6 cm³/mol. The zero-order valence-electron chi connectivity index (χ0n) is 12.3. The molecule has 0 aliphatic rings. The normalized spacial score (nSPS) is 11.9. The minimum absolute atomic E-state index is 0.0911. The highest BCUT2D eigenvalue weighted by Gasteiger charge is 2.12. The number of urea groups is 1. The number of hydrogen-bond acceptors (Lipinski definition) is 4. The van der Waals surface area contributed by atoms with Crippen LogP contribution in [-0.2, 0) is 9.53 Å². The number of rotatable bonds is 11. The van der Waals surface area contributed by atoms with E-state index in [1.165, 1.54) is 4.90 Å². The molecule has 0 saturated heterocycles. The zero-order valence-corrected chi connectivity index (χ0v) is 12.3. The van der Waals surface area contributed by atoms with Gasteiger partial charge in [-0.2, -0.15) is 0 Å². The molecular weight excluding hydrogens is 264 g/mol. The van der Waals surface area contributed by atoms with Crippen LogP contribution in [0.15, 0.2) is 0 Å². The molecule has 0 aliphatic carbocycles. The predicted octanol–water partition coefficient (Wildman–Crippen LogP) is 0.528. The van der Waals surface area contributed by atoms with E-state index in [0.29, 0.717) is 26.1 Å². The number of nitrogens with one attached hydrogen (secondary N) is 1. The first-order valence-electron chi connectivity index (χ1n) is 6.85. The van der Waals surface area contributed by atoms with E-state index in [9.17, 15) is 9.59 Å². The summed E-state index contributed by atoms with van der Waals surface area (Å²) in [5.41, 5.74) is 0. The molecule has 7 heteroatoms. The van der Waals surface area contributed by atoms with Crippen LogP contribution in [0, 0.1) is 5.92 Å². The van der Waals surface area contributed by atoms with E-state index in [1.807, 2.05) is 6.92 Å². The van der Waals surface area contributed by atoms with Gasteiger partial charge in [-0.15, -0.1) is 0 Å². The van der Waals surface area contributed by atoms with Crippen molar-refractivity contribution in [2.24, 2.45) is 5.92 Å². The fourth-order valence-corrected chi connectivity index (χ4v) is 1.69. The first-order valence-corrected chi connectivity index (χ1v) is 6.85. The van der Waals surface area contributed by atoms with Crippen LogP contribution in [-0.4, -0.2) is 67.1 Å². The first-order chi connectivity index (χ1) is 9.51. The molecule has 0 aliphatic heterocycles. The lowest BCUT2D eigenvalue weighted by Crippen LogP contribution is -2.43. The Kier molecular flexibility index (Phi) is 10.7. The lowest BCUT2D eigenvalue weighted by atomic mass is 10.0. The molecule has 2 amide bonds. The van der Waals surface area contributed by atoms with Crippen LogP contribution in [0.25, 0.3) is 0 Å². The van der Waals surface area contributed by atoms with E-state index in [0.717, 1.165) is 6.42 Å². The highest BCUT2D eigenvalue weighted by atomic mass is 16.5. The van der Waals surface area contributed by atoms with E-state index in [4.69, 9.17) is 14.9 Å². The monoisotopic (exact) mass is 290 g/mol. The number of aliphatic hydroxyl groups is 1. The minimum atomic E-state index is -0.797. The van der Waals surface area contributed by atoms with Crippen molar-refractivity contribution >= 4 is 12.0 Å². The lowest BCUT2D eigenvalue weighted by Gasteiger charge is -2.22. The number of carbonyl (C=O) groups is 2. The van der Waals surface area contributed by atoms with Crippen LogP contribution in [0.5, 0.6) is 0 Å². The molecule has 0 saturated carbocycles. The number of aliphatic carboxylic acids is 1. The summed E-state index contributed by atoms with van der Waals surface area (Å²) >= 11 is 0. The second-order valence-corrected chi connectivity index (χ2v) is 4.76. The summed E-state index contributed by atoms with van der Waals surface area (Å²) in [4.78, 5) is 23.8. The average molecular weight is 290 g/mol. The molecule has 118 valence electrons. The smallest absolute Gasteiger partial charge is 0.317 e. The molecule has 0 aromatic rings. The van der Waals surface area contributed by atoms with E-state index in [1.54, 1.807) is 7.11 Å². The Hall–Kier alpha value is -1.34. The van der Waals surface area contributed by atoms with Crippen molar-refractivity contribution in [3.05, 3.63) is 0 Å². The largest absolute Gasteiger partial charge is 0.481 e. The minimum Gasteiger partial charge on any atom is -0.481 e. The van der Waals surface area contributed by atoms with Crippen LogP contribution in [0.4, 0.5) is 4.79 Å². The number of hydrogen-bond donors (Lipinski definition) is 3. The molecule has 3 N–H and O–H groups in total. The van der Waals surface area contributed by atoms with Gasteiger partial charge in [-0.1, -0.05) is 6.92 Å². The van der Waals surface area contributed by atoms with Gasteiger partial charge < -0.3 is 25.2 Å². The van der Waals surface area contributed by atoms with Gasteiger partial charge in [0.1, 0.15) is 0 Å². The Morgan fingerprint density at radius 1 is 1.30 bits per heavy atom. The summed E-state index contributed by atoms with van der Waals surface area (Å²) in [6.45, 7) is 3.48. The molecular formula is C13H26N2O5. The van der Waals surface area contributed by atoms with Crippen LogP contribution >= 0.6 is 0 Å². The van der Waals surface area contributed by atoms with Gasteiger partial charge in [0.15, 0.2) is 0 Å². The van der Waals surface area contributed by atoms with Crippen molar-refractivity contribution in [1.82, 2.24) is 10.2 Å². The number of carboxylic acid groups (broad SMARTS) is 1. The second kappa shape index (κ2) is 11.5. The van der Waals surface area contributed by atoms with Gasteiger partial charge in [-0.05, 0) is 18.8 Å². The number of aliphatic hydroxyl groups excluding tert-OH is 1. The zero-order chi connectivity index (χ0) is 15.4. The van der Waals surface area contributed by atoms with Crippen molar-refractivity contribution < 1.29 is 24.5 Å². The number of carboxylic acids is 1. The number of ether oxygens (including phenoxy) is 1. The molecule has 20 heavy (non-hydrogen) atoms. The van der Waals surface area contributed by atoms with Gasteiger partial charge in [0.25, 0.3) is 0 Å². The molecule has 0 radical (unpaired) electrons. The molecule has 0 bridgehead atoms. The fraction of sp³-hybridized carbons (Fsp3) is 0.846. The summed E-state index contributed by atoms with van der Waals surface area (Å²) in [5, 5.41) is 20.2. The standard InChI is InChI=1S/C13H26N2O5/c1-11(3-4-12(17)18)5-6-14-13(19)15(7-9-16)8-10-20-2/h11,16H,3-10H2,1-2H3,(H,14,19)(H,17,18). The summed E-state index contributed by atoms with van der Waals surface area (Å²) in [6.07, 6.45) is 1.49. The molecule has 7 nitrogen and oxygen atoms in total. The number of carbonyl (C=O) groups excluding carboxylic acids is 1. The van der Waals surface area contributed by atoms with Crippen molar-refractivity contribution in [2.45, 2.75) is 26.2 Å². The van der Waals surface area contributed by atoms with Gasteiger partial charge in [-0.3, -0.25) is 4.79 Å². The van der Waals surface area contributed by atoms with Crippen molar-refractivity contribution in [3.63, 3.8) is 0 Å². The van der Waals surface area contributed by atoms with E-state index < -0.39 is 5.97 Å². The second-order valence-electron chi connectivity index (χ2n) is 4.76. The van der Waals surface area contributed by atoms with Crippen molar-refractivity contribution in [3.8, 4) is 0 Å². The van der Waals surface area contributed by atoms with Crippen LogP contribution in [0.2, 0.25) is 0 Å². The Bertz CT molecular complexity index is 286. The quantitative estimate of drug-likeness (QED) is 0.515. The van der Waals surface area contributed by atoms with Crippen molar-refractivity contribution in [1.29, 1.82) is 0 Å². The molecule has 0 spiro atoms. The highest BCUT2D eigenvalue weighted by molar-refractivity contribution is 5.74. The topological polar surface area (TPSA) is 99.1 Å². The van der Waals surface area contributed by atoms with Gasteiger partial charge in [0, 0.05) is 33.2 Å². The summed E-state index contributed by atoms with van der Waals surface area (Å²) in [7, 11) is 1.55. The Morgan fingerprint density at radius 2 is 2.00 bits per heavy atom. The van der Waals surface area contributed by atoms with Gasteiger partial charge >= 0.3 is 12.0 Å². The number of methoxy groups -OCH3 is 1. The maximum absolute atomic E-state index is 11.8. The molecule has 0 aromatic heterocycles. The number of nitrogens with zero attached hydrogens (tertiary/aromatic N) is 1. The van der Waals surface area contributed by atoms with E-state index in [-0.39, 0.29) is 31.5 Å². The maximum Gasteiger partial charge on any atom is 0.317 e. The molecule has 0 aromatic carbocycles. The molecule has 1 unspecified atom stereocenters. The first kappa shape index (κ1) is 18.7. The van der Waals surface area contributed by atoms with Gasteiger partial charge in [0.05, 0.1) is 13.2 Å². The van der Waals surface area contributed by atoms with E-state index >= 15 is 0 Å². The fourth-order valence-electron chi connectivity index (χ4n) is 1.69. The van der Waals surface area contributed by atoms with Crippen LogP contribution < -0.4 is 5.32 Å². The molecule has 0 rings (SSSR count). The molecule has 0 fully saturated rings. The SMILES string of the molecule is COCCN(CCO)C(=O)NCCC(C)CCC(=O)O. The summed E-state index contributed by atoms with van der Waals surface area (Å²) in [6, 6.07) is -0.235. The Balaban J connectivity index is 3.89. The van der Waals surface area contributed by atoms with Gasteiger partial charge in [0.2, 0.25) is 0 Å². The Morgan fingerprint density at radius 3 is 2.55 bits per heavy atom. The summed E-state index contributed by atoms with van der Waals surface area (Å²) < 4.78 is 4.91. The van der Waals surface area contributed by atoms with Crippen molar-refractivity contribution in [2.75, 3.05) is 40.0 Å². The maximum atomic E-state index is 11.8. The molecule has 1 atom stereocenters. The third kappa shape index (κ3) is 9.57. The third-order valence-corrected chi connectivity index (χ3v) is 2.99. The summed E-state index contributed by atoms with van der Waals surface area (Å²) in [5.74, 6) is -0.550. The third-order valence-electron chi connectivity index (χ3n) is 2.99. The van der Waals surface area contributed by atoms with Crippen LogP contribution in [0.1, 0.15) is 26.2 Å².